The molecular weight excluding hydrogens is 353 g/mol. The molecule has 0 unspecified atom stereocenters. The summed E-state index contributed by atoms with van der Waals surface area (Å²) < 4.78 is 19.5. The Kier molecular flexibility index (Phi) is 4.57. The summed E-state index contributed by atoms with van der Waals surface area (Å²) in [6.07, 6.45) is 3.63. The van der Waals surface area contributed by atoms with Crippen LogP contribution in [0.5, 0.6) is 5.88 Å². The Morgan fingerprint density at radius 3 is 2.88 bits per heavy atom. The number of rotatable bonds is 6. The highest BCUT2D eigenvalue weighted by Gasteiger charge is 2.10. The van der Waals surface area contributed by atoms with Crippen LogP contribution >= 0.6 is 12.1 Å². The Hall–Kier alpha value is -2.87. The van der Waals surface area contributed by atoms with Crippen molar-refractivity contribution in [3.63, 3.8) is 0 Å². The first-order chi connectivity index (χ1) is 12.8. The van der Waals surface area contributed by atoms with Gasteiger partial charge in [0.1, 0.15) is 23.9 Å². The second kappa shape index (κ2) is 7.17. The Morgan fingerprint density at radius 1 is 1.12 bits per heavy atom. The molecule has 4 aromatic heterocycles. The number of ether oxygens (including phenoxy) is 1. The number of nitrogens with one attached hydrogen (secondary N) is 1. The lowest BCUT2D eigenvalue weighted by atomic mass is 10.2. The molecule has 0 amide bonds. The maximum Gasteiger partial charge on any atom is 0.215 e. The summed E-state index contributed by atoms with van der Waals surface area (Å²) in [5.41, 5.74) is 1.95. The third-order valence-corrected chi connectivity index (χ3v) is 4.35. The van der Waals surface area contributed by atoms with Crippen LogP contribution in [0.1, 0.15) is 0 Å². The molecule has 0 aromatic carbocycles. The van der Waals surface area contributed by atoms with E-state index in [0.717, 1.165) is 21.9 Å². The minimum absolute atomic E-state index is 0.247. The predicted octanol–water partition coefficient (Wildman–Crippen LogP) is 4.26. The van der Waals surface area contributed by atoms with Gasteiger partial charge in [-0.05, 0) is 24.3 Å². The molecule has 4 heterocycles. The lowest BCUT2D eigenvalue weighted by Crippen LogP contribution is -2.03. The molecule has 1 N–H and O–H groups in total. The fourth-order valence-electron chi connectivity index (χ4n) is 2.86. The zero-order valence-corrected chi connectivity index (χ0v) is 14.8. The average molecular weight is 369 g/mol. The summed E-state index contributed by atoms with van der Waals surface area (Å²) in [5.74, 6) is 2.01. The SMILES string of the molecule is Cn1c2ccncc2c2ccc(Nc3cccc(OCCSF)n3)nc21. The van der Waals surface area contributed by atoms with Crippen molar-refractivity contribution < 1.29 is 8.62 Å². The van der Waals surface area contributed by atoms with E-state index in [2.05, 4.69) is 15.3 Å². The van der Waals surface area contributed by atoms with Crippen LogP contribution in [0.2, 0.25) is 0 Å². The molecule has 4 aromatic rings. The van der Waals surface area contributed by atoms with Gasteiger partial charge in [0.2, 0.25) is 5.88 Å². The van der Waals surface area contributed by atoms with E-state index in [4.69, 9.17) is 9.72 Å². The number of fused-ring (bicyclic) bond motifs is 3. The van der Waals surface area contributed by atoms with Crippen LogP contribution in [-0.4, -0.2) is 31.9 Å². The van der Waals surface area contributed by atoms with Crippen molar-refractivity contribution in [3.8, 4) is 5.88 Å². The van der Waals surface area contributed by atoms with E-state index in [1.54, 1.807) is 12.3 Å². The van der Waals surface area contributed by atoms with Gasteiger partial charge in [0, 0.05) is 48.4 Å². The van der Waals surface area contributed by atoms with E-state index in [1.165, 1.54) is 0 Å². The van der Waals surface area contributed by atoms with E-state index >= 15 is 0 Å². The maximum absolute atomic E-state index is 12.1. The van der Waals surface area contributed by atoms with Crippen LogP contribution < -0.4 is 10.1 Å². The quantitative estimate of drug-likeness (QED) is 0.513. The number of nitrogens with zero attached hydrogens (tertiary/aromatic N) is 4. The molecule has 0 aliphatic heterocycles. The van der Waals surface area contributed by atoms with Gasteiger partial charge < -0.3 is 14.6 Å². The molecule has 0 aliphatic rings. The number of anilines is 2. The zero-order chi connectivity index (χ0) is 17.9. The van der Waals surface area contributed by atoms with Gasteiger partial charge in [-0.25, -0.2) is 4.98 Å². The van der Waals surface area contributed by atoms with Crippen LogP contribution in [-0.2, 0) is 7.05 Å². The second-order valence-corrected chi connectivity index (χ2v) is 6.29. The molecule has 132 valence electrons. The molecule has 0 saturated heterocycles. The number of pyridine rings is 3. The number of aryl methyl sites for hydroxylation is 1. The van der Waals surface area contributed by atoms with Crippen molar-refractivity contribution in [1.82, 2.24) is 19.5 Å². The molecule has 4 rings (SSSR count). The summed E-state index contributed by atoms with van der Waals surface area (Å²) in [4.78, 5) is 13.3. The van der Waals surface area contributed by atoms with Gasteiger partial charge in [0.05, 0.1) is 11.3 Å². The fourth-order valence-corrected chi connectivity index (χ4v) is 3.01. The lowest BCUT2D eigenvalue weighted by molar-refractivity contribution is 0.330. The first kappa shape index (κ1) is 16.6. The molecule has 6 nitrogen and oxygen atoms in total. The van der Waals surface area contributed by atoms with Crippen LogP contribution in [0.25, 0.3) is 21.9 Å². The summed E-state index contributed by atoms with van der Waals surface area (Å²) in [6.45, 7) is 0.270. The molecule has 0 atom stereocenters. The summed E-state index contributed by atoms with van der Waals surface area (Å²) in [5, 5.41) is 5.31. The van der Waals surface area contributed by atoms with Crippen molar-refractivity contribution in [2.45, 2.75) is 0 Å². The standard InChI is InChI=1S/C18H16FN5OS/c1-24-14-7-8-20-11-13(14)12-5-6-16(23-18(12)24)21-15-3-2-4-17(22-15)25-9-10-26-19/h2-8,11H,9-10H2,1H3,(H,21,22,23). The summed E-state index contributed by atoms with van der Waals surface area (Å²) >= 11 is 0.247. The fraction of sp³-hybridized carbons (Fsp3) is 0.167. The number of halogens is 1. The normalized spacial score (nSPS) is 11.2. The monoisotopic (exact) mass is 369 g/mol. The number of aromatic nitrogens is 4. The molecule has 0 fully saturated rings. The van der Waals surface area contributed by atoms with E-state index in [0.29, 0.717) is 17.5 Å². The van der Waals surface area contributed by atoms with E-state index in [9.17, 15) is 3.89 Å². The van der Waals surface area contributed by atoms with E-state index in [-0.39, 0.29) is 24.5 Å². The first-order valence-electron chi connectivity index (χ1n) is 8.06. The highest BCUT2D eigenvalue weighted by molar-refractivity contribution is 7.94. The molecule has 0 saturated carbocycles. The van der Waals surface area contributed by atoms with Crippen molar-refractivity contribution in [2.24, 2.45) is 7.05 Å². The van der Waals surface area contributed by atoms with Crippen LogP contribution in [0.3, 0.4) is 0 Å². The van der Waals surface area contributed by atoms with E-state index in [1.807, 2.05) is 48.1 Å². The summed E-state index contributed by atoms with van der Waals surface area (Å²) in [7, 11) is 1.98. The number of hydrogen-bond donors (Lipinski definition) is 1. The van der Waals surface area contributed by atoms with Crippen molar-refractivity contribution in [2.75, 3.05) is 17.7 Å². The highest BCUT2D eigenvalue weighted by atomic mass is 32.2. The van der Waals surface area contributed by atoms with Crippen molar-refractivity contribution in [3.05, 3.63) is 48.8 Å². The molecule has 0 bridgehead atoms. The highest BCUT2D eigenvalue weighted by Crippen LogP contribution is 2.27. The molecular formula is C18H16FN5OS. The van der Waals surface area contributed by atoms with Crippen molar-refractivity contribution >= 4 is 45.7 Å². The lowest BCUT2D eigenvalue weighted by Gasteiger charge is -2.08. The van der Waals surface area contributed by atoms with Crippen LogP contribution in [0, 0.1) is 0 Å². The van der Waals surface area contributed by atoms with Crippen LogP contribution in [0.15, 0.2) is 48.8 Å². The minimum Gasteiger partial charge on any atom is -0.477 e. The Morgan fingerprint density at radius 2 is 2.00 bits per heavy atom. The number of hydrogen-bond acceptors (Lipinski definition) is 6. The molecule has 8 heteroatoms. The molecule has 0 radical (unpaired) electrons. The van der Waals surface area contributed by atoms with Gasteiger partial charge in [-0.15, -0.1) is 0 Å². The molecule has 26 heavy (non-hydrogen) atoms. The second-order valence-electron chi connectivity index (χ2n) is 5.67. The third-order valence-electron chi connectivity index (χ3n) is 4.03. The minimum atomic E-state index is 0.247. The van der Waals surface area contributed by atoms with Gasteiger partial charge >= 0.3 is 0 Å². The van der Waals surface area contributed by atoms with E-state index < -0.39 is 0 Å². The Bertz CT molecular complexity index is 1070. The topological polar surface area (TPSA) is 64.9 Å². The van der Waals surface area contributed by atoms with Gasteiger partial charge in [-0.2, -0.15) is 8.87 Å². The molecule has 0 spiro atoms. The van der Waals surface area contributed by atoms with Crippen molar-refractivity contribution in [1.29, 1.82) is 0 Å². The Labute approximate surface area is 153 Å². The Balaban J connectivity index is 1.62. The van der Waals surface area contributed by atoms with Gasteiger partial charge in [0.15, 0.2) is 0 Å². The average Bonchev–Trinajstić information content (AvgIpc) is 2.95. The maximum atomic E-state index is 12.1. The molecule has 0 aliphatic carbocycles. The predicted molar refractivity (Wildman–Crippen MR) is 103 cm³/mol. The van der Waals surface area contributed by atoms with Gasteiger partial charge in [-0.1, -0.05) is 6.07 Å². The smallest absolute Gasteiger partial charge is 0.215 e. The third kappa shape index (κ3) is 3.15. The first-order valence-corrected chi connectivity index (χ1v) is 8.94. The zero-order valence-electron chi connectivity index (χ0n) is 14.0. The largest absolute Gasteiger partial charge is 0.477 e. The van der Waals surface area contributed by atoms with Gasteiger partial charge in [-0.3, -0.25) is 4.98 Å². The van der Waals surface area contributed by atoms with Gasteiger partial charge in [0.25, 0.3) is 0 Å². The summed E-state index contributed by atoms with van der Waals surface area (Å²) in [6, 6.07) is 11.3. The van der Waals surface area contributed by atoms with Crippen LogP contribution in [0.4, 0.5) is 15.5 Å².